The molecule has 2 aromatic rings. The maximum absolute atomic E-state index is 6.09. The molecule has 0 radical (unpaired) electrons. The first-order valence-corrected chi connectivity index (χ1v) is 7.68. The number of nitrogens with one attached hydrogen (secondary N) is 1. The van der Waals surface area contributed by atoms with Gasteiger partial charge in [0.1, 0.15) is 5.75 Å². The summed E-state index contributed by atoms with van der Waals surface area (Å²) in [4.78, 5) is 1.13. The highest BCUT2D eigenvalue weighted by atomic mass is 35.5. The second kappa shape index (κ2) is 7.02. The molecule has 0 bridgehead atoms. The summed E-state index contributed by atoms with van der Waals surface area (Å²) in [5, 5.41) is 8.25. The number of rotatable bonds is 6. The Labute approximate surface area is 128 Å². The van der Waals surface area contributed by atoms with E-state index < -0.39 is 0 Å². The monoisotopic (exact) mass is 311 g/mol. The van der Waals surface area contributed by atoms with Crippen molar-refractivity contribution >= 4 is 23.1 Å². The third-order valence-electron chi connectivity index (χ3n) is 3.06. The van der Waals surface area contributed by atoms with Crippen LogP contribution in [-0.2, 0) is 0 Å². The van der Waals surface area contributed by atoms with E-state index in [1.54, 1.807) is 7.11 Å². The molecule has 0 amide bonds. The van der Waals surface area contributed by atoms with Gasteiger partial charge in [0.2, 0.25) is 0 Å². The Morgan fingerprint density at radius 1 is 1.45 bits per heavy atom. The van der Waals surface area contributed by atoms with Crippen molar-refractivity contribution in [3.05, 3.63) is 39.4 Å². The van der Waals surface area contributed by atoms with Gasteiger partial charge < -0.3 is 10.1 Å². The van der Waals surface area contributed by atoms with E-state index in [1.165, 1.54) is 11.5 Å². The smallest absolute Gasteiger partial charge is 0.137 e. The van der Waals surface area contributed by atoms with Crippen LogP contribution >= 0.6 is 23.1 Å². The molecular weight excluding hydrogens is 294 g/mol. The summed E-state index contributed by atoms with van der Waals surface area (Å²) in [5.74, 6) is 0.683. The molecule has 1 aromatic heterocycles. The van der Waals surface area contributed by atoms with Gasteiger partial charge in [0.15, 0.2) is 0 Å². The van der Waals surface area contributed by atoms with Gasteiger partial charge in [-0.1, -0.05) is 29.1 Å². The van der Waals surface area contributed by atoms with E-state index in [4.69, 9.17) is 16.3 Å². The van der Waals surface area contributed by atoms with Crippen molar-refractivity contribution in [1.82, 2.24) is 14.9 Å². The number of hydrogen-bond donors (Lipinski definition) is 1. The molecule has 0 aliphatic carbocycles. The lowest BCUT2D eigenvalue weighted by Gasteiger charge is -2.18. The van der Waals surface area contributed by atoms with E-state index in [-0.39, 0.29) is 6.04 Å². The van der Waals surface area contributed by atoms with Crippen LogP contribution in [-0.4, -0.2) is 23.2 Å². The van der Waals surface area contributed by atoms with E-state index in [2.05, 4.69) is 21.8 Å². The minimum Gasteiger partial charge on any atom is -0.495 e. The Morgan fingerprint density at radius 3 is 2.85 bits per heavy atom. The minimum absolute atomic E-state index is 0.0705. The minimum atomic E-state index is 0.0705. The SMILES string of the molecule is CCCNC(c1ccc(Cl)c(OC)c1)c1snnc1C. The first kappa shape index (κ1) is 15.2. The highest BCUT2D eigenvalue weighted by Crippen LogP contribution is 2.32. The van der Waals surface area contributed by atoms with Crippen molar-refractivity contribution in [3.63, 3.8) is 0 Å². The lowest BCUT2D eigenvalue weighted by molar-refractivity contribution is 0.414. The number of methoxy groups -OCH3 is 1. The fourth-order valence-electron chi connectivity index (χ4n) is 2.01. The average molecular weight is 312 g/mol. The van der Waals surface area contributed by atoms with E-state index in [0.29, 0.717) is 10.8 Å². The molecule has 6 heteroatoms. The Bertz CT molecular complexity index is 573. The van der Waals surface area contributed by atoms with E-state index in [1.807, 2.05) is 25.1 Å². The van der Waals surface area contributed by atoms with Crippen molar-refractivity contribution in [2.75, 3.05) is 13.7 Å². The highest BCUT2D eigenvalue weighted by Gasteiger charge is 2.19. The summed E-state index contributed by atoms with van der Waals surface area (Å²) in [6.45, 7) is 5.05. The fraction of sp³-hybridized carbons (Fsp3) is 0.429. The van der Waals surface area contributed by atoms with Gasteiger partial charge in [-0.25, -0.2) is 0 Å². The lowest BCUT2D eigenvalue weighted by atomic mass is 10.0. The molecule has 20 heavy (non-hydrogen) atoms. The second-order valence-corrected chi connectivity index (χ2v) is 5.70. The number of hydrogen-bond acceptors (Lipinski definition) is 5. The second-order valence-electron chi connectivity index (χ2n) is 4.50. The maximum Gasteiger partial charge on any atom is 0.137 e. The van der Waals surface area contributed by atoms with E-state index >= 15 is 0 Å². The largest absolute Gasteiger partial charge is 0.495 e. The van der Waals surface area contributed by atoms with Crippen LogP contribution < -0.4 is 10.1 Å². The zero-order valence-corrected chi connectivity index (χ0v) is 13.4. The zero-order valence-electron chi connectivity index (χ0n) is 11.8. The van der Waals surface area contributed by atoms with Gasteiger partial charge in [-0.15, -0.1) is 5.10 Å². The third-order valence-corrected chi connectivity index (χ3v) is 4.26. The van der Waals surface area contributed by atoms with Crippen molar-refractivity contribution < 1.29 is 4.74 Å². The van der Waals surface area contributed by atoms with Crippen LogP contribution in [0.15, 0.2) is 18.2 Å². The predicted octanol–water partition coefficient (Wildman–Crippen LogP) is 3.60. The number of ether oxygens (including phenoxy) is 1. The standard InChI is InChI=1S/C14H18ClN3OS/c1-4-7-16-13(14-9(2)17-18-20-14)10-5-6-11(15)12(8-10)19-3/h5-6,8,13,16H,4,7H2,1-3H3. The molecule has 0 aliphatic rings. The van der Waals surface area contributed by atoms with Crippen LogP contribution in [0.3, 0.4) is 0 Å². The first-order valence-electron chi connectivity index (χ1n) is 6.53. The fourth-order valence-corrected chi connectivity index (χ4v) is 2.95. The van der Waals surface area contributed by atoms with Crippen LogP contribution in [0.4, 0.5) is 0 Å². The Balaban J connectivity index is 2.38. The molecule has 1 unspecified atom stereocenters. The Morgan fingerprint density at radius 2 is 2.25 bits per heavy atom. The van der Waals surface area contributed by atoms with Crippen LogP contribution in [0.25, 0.3) is 0 Å². The van der Waals surface area contributed by atoms with Crippen LogP contribution in [0.1, 0.15) is 35.5 Å². The number of aryl methyl sites for hydroxylation is 1. The molecule has 2 rings (SSSR count). The van der Waals surface area contributed by atoms with Gasteiger partial charge in [0.05, 0.1) is 28.7 Å². The summed E-state index contributed by atoms with van der Waals surface area (Å²) in [6.07, 6.45) is 1.06. The summed E-state index contributed by atoms with van der Waals surface area (Å²) in [5.41, 5.74) is 2.06. The summed E-state index contributed by atoms with van der Waals surface area (Å²) < 4.78 is 9.33. The maximum atomic E-state index is 6.09. The summed E-state index contributed by atoms with van der Waals surface area (Å²) >= 11 is 7.52. The Kier molecular flexibility index (Phi) is 5.34. The van der Waals surface area contributed by atoms with E-state index in [0.717, 1.165) is 29.1 Å². The molecule has 0 spiro atoms. The van der Waals surface area contributed by atoms with Crippen molar-refractivity contribution in [1.29, 1.82) is 0 Å². The number of halogens is 1. The average Bonchev–Trinajstić information content (AvgIpc) is 2.87. The van der Waals surface area contributed by atoms with Gasteiger partial charge >= 0.3 is 0 Å². The number of aromatic nitrogens is 2. The molecule has 108 valence electrons. The van der Waals surface area contributed by atoms with Gasteiger partial charge in [0, 0.05) is 0 Å². The highest BCUT2D eigenvalue weighted by molar-refractivity contribution is 7.05. The molecular formula is C14H18ClN3OS. The van der Waals surface area contributed by atoms with Crippen LogP contribution in [0.5, 0.6) is 5.75 Å². The first-order chi connectivity index (χ1) is 9.67. The number of benzene rings is 1. The van der Waals surface area contributed by atoms with Gasteiger partial charge in [0.25, 0.3) is 0 Å². The molecule has 0 saturated carbocycles. The van der Waals surface area contributed by atoms with Gasteiger partial charge in [-0.05, 0) is 49.1 Å². The molecule has 0 aliphatic heterocycles. The summed E-state index contributed by atoms with van der Waals surface area (Å²) in [6, 6.07) is 5.91. The predicted molar refractivity (Wildman–Crippen MR) is 82.8 cm³/mol. The molecule has 1 atom stereocenters. The molecule has 1 heterocycles. The van der Waals surface area contributed by atoms with Crippen molar-refractivity contribution in [2.45, 2.75) is 26.3 Å². The molecule has 1 N–H and O–H groups in total. The van der Waals surface area contributed by atoms with E-state index in [9.17, 15) is 0 Å². The van der Waals surface area contributed by atoms with Crippen LogP contribution in [0, 0.1) is 6.92 Å². The van der Waals surface area contributed by atoms with Gasteiger partial charge in [-0.3, -0.25) is 0 Å². The van der Waals surface area contributed by atoms with Gasteiger partial charge in [-0.2, -0.15) is 0 Å². The van der Waals surface area contributed by atoms with Crippen molar-refractivity contribution in [2.24, 2.45) is 0 Å². The quantitative estimate of drug-likeness (QED) is 0.885. The molecule has 0 saturated heterocycles. The molecule has 4 nitrogen and oxygen atoms in total. The van der Waals surface area contributed by atoms with Crippen LogP contribution in [0.2, 0.25) is 5.02 Å². The third kappa shape index (κ3) is 3.29. The van der Waals surface area contributed by atoms with Crippen molar-refractivity contribution in [3.8, 4) is 5.75 Å². The topological polar surface area (TPSA) is 47.0 Å². The molecule has 0 fully saturated rings. The Hall–Kier alpha value is -1.17. The normalized spacial score (nSPS) is 12.4. The zero-order chi connectivity index (χ0) is 14.5. The number of nitrogens with zero attached hydrogens (tertiary/aromatic N) is 2. The molecule has 1 aromatic carbocycles. The summed E-state index contributed by atoms with van der Waals surface area (Å²) in [7, 11) is 1.62. The lowest BCUT2D eigenvalue weighted by Crippen LogP contribution is -2.23.